The van der Waals surface area contributed by atoms with Crippen molar-refractivity contribution in [3.8, 4) is 0 Å². The Balaban J connectivity index is 1.63. The topological polar surface area (TPSA) is 70.9 Å². The van der Waals surface area contributed by atoms with Crippen LogP contribution in [0.15, 0.2) is 54.7 Å². The van der Waals surface area contributed by atoms with Crippen molar-refractivity contribution < 1.29 is 4.79 Å². The number of H-pyrrole nitrogens is 1. The molecular weight excluding hydrogens is 310 g/mol. The lowest BCUT2D eigenvalue weighted by atomic mass is 10.0. The Labute approximate surface area is 139 Å². The monoisotopic (exact) mass is 327 g/mol. The highest BCUT2D eigenvalue weighted by Gasteiger charge is 2.16. The van der Waals surface area contributed by atoms with Gasteiger partial charge in [0.05, 0.1) is 6.04 Å². The van der Waals surface area contributed by atoms with Crippen molar-refractivity contribution in [2.24, 2.45) is 5.73 Å². The molecule has 23 heavy (non-hydrogen) atoms. The standard InChI is InChI=1S/C18H18ClN3O/c19-15-7-3-1-5-12(15)10-22-18(23)16(20)9-13-11-21-17-8-4-2-6-14(13)17/h1-8,11,16,21H,9-10,20H2,(H,22,23). The first-order chi connectivity index (χ1) is 11.1. The smallest absolute Gasteiger partial charge is 0.237 e. The summed E-state index contributed by atoms with van der Waals surface area (Å²) in [4.78, 5) is 15.4. The van der Waals surface area contributed by atoms with Crippen molar-refractivity contribution >= 4 is 28.4 Å². The molecule has 1 heterocycles. The number of aromatic amines is 1. The lowest BCUT2D eigenvalue weighted by molar-refractivity contribution is -0.122. The number of carbonyl (C=O) groups is 1. The molecule has 0 saturated carbocycles. The molecule has 4 N–H and O–H groups in total. The Bertz CT molecular complexity index is 828. The number of rotatable bonds is 5. The highest BCUT2D eigenvalue weighted by atomic mass is 35.5. The molecule has 0 aliphatic carbocycles. The third-order valence-electron chi connectivity index (χ3n) is 3.86. The fourth-order valence-corrected chi connectivity index (χ4v) is 2.79. The second-order valence-corrected chi connectivity index (χ2v) is 5.89. The fraction of sp³-hybridized carbons (Fsp3) is 0.167. The summed E-state index contributed by atoms with van der Waals surface area (Å²) < 4.78 is 0. The molecule has 3 rings (SSSR count). The van der Waals surface area contributed by atoms with Crippen molar-refractivity contribution in [2.45, 2.75) is 19.0 Å². The van der Waals surface area contributed by atoms with Gasteiger partial charge in [0.15, 0.2) is 0 Å². The summed E-state index contributed by atoms with van der Waals surface area (Å²) in [6, 6.07) is 14.8. The fourth-order valence-electron chi connectivity index (χ4n) is 2.59. The summed E-state index contributed by atoms with van der Waals surface area (Å²) in [5.74, 6) is -0.185. The molecule has 4 nitrogen and oxygen atoms in total. The number of aromatic nitrogens is 1. The van der Waals surface area contributed by atoms with Gasteiger partial charge in [-0.1, -0.05) is 48.0 Å². The van der Waals surface area contributed by atoms with Crippen LogP contribution in [0.25, 0.3) is 10.9 Å². The van der Waals surface area contributed by atoms with Crippen LogP contribution in [0.3, 0.4) is 0 Å². The van der Waals surface area contributed by atoms with Gasteiger partial charge in [0.25, 0.3) is 0 Å². The van der Waals surface area contributed by atoms with Crippen LogP contribution in [0.4, 0.5) is 0 Å². The number of hydrogen-bond donors (Lipinski definition) is 3. The van der Waals surface area contributed by atoms with Crippen LogP contribution < -0.4 is 11.1 Å². The van der Waals surface area contributed by atoms with Crippen LogP contribution in [0, 0.1) is 0 Å². The average Bonchev–Trinajstić information content (AvgIpc) is 2.97. The number of nitrogens with one attached hydrogen (secondary N) is 2. The van der Waals surface area contributed by atoms with Crippen molar-refractivity contribution in [2.75, 3.05) is 0 Å². The maximum absolute atomic E-state index is 12.2. The van der Waals surface area contributed by atoms with E-state index in [2.05, 4.69) is 10.3 Å². The Morgan fingerprint density at radius 3 is 2.70 bits per heavy atom. The summed E-state index contributed by atoms with van der Waals surface area (Å²) in [5.41, 5.74) is 9.01. The molecule has 0 fully saturated rings. The van der Waals surface area contributed by atoms with E-state index in [4.69, 9.17) is 17.3 Å². The third kappa shape index (κ3) is 3.55. The van der Waals surface area contributed by atoms with Gasteiger partial charge < -0.3 is 16.0 Å². The molecule has 0 aliphatic heterocycles. The first-order valence-corrected chi connectivity index (χ1v) is 7.84. The van der Waals surface area contributed by atoms with E-state index in [1.54, 1.807) is 6.07 Å². The zero-order valence-electron chi connectivity index (χ0n) is 12.6. The van der Waals surface area contributed by atoms with Gasteiger partial charge in [0.1, 0.15) is 0 Å². The van der Waals surface area contributed by atoms with E-state index in [1.807, 2.05) is 48.7 Å². The second kappa shape index (κ2) is 6.86. The number of carbonyl (C=O) groups excluding carboxylic acids is 1. The lowest BCUT2D eigenvalue weighted by Crippen LogP contribution is -2.41. The lowest BCUT2D eigenvalue weighted by Gasteiger charge is -2.12. The van der Waals surface area contributed by atoms with Crippen LogP contribution in [-0.2, 0) is 17.8 Å². The molecule has 0 aliphatic rings. The molecule has 1 amide bonds. The molecule has 0 spiro atoms. The number of fused-ring (bicyclic) bond motifs is 1. The van der Waals surface area contributed by atoms with E-state index in [9.17, 15) is 4.79 Å². The van der Waals surface area contributed by atoms with E-state index >= 15 is 0 Å². The molecule has 1 unspecified atom stereocenters. The van der Waals surface area contributed by atoms with Crippen molar-refractivity contribution in [3.05, 3.63) is 70.9 Å². The van der Waals surface area contributed by atoms with Gasteiger partial charge in [0.2, 0.25) is 5.91 Å². The summed E-state index contributed by atoms with van der Waals surface area (Å²) in [5, 5.41) is 4.58. The minimum atomic E-state index is -0.600. The van der Waals surface area contributed by atoms with Gasteiger partial charge >= 0.3 is 0 Å². The average molecular weight is 328 g/mol. The molecule has 0 bridgehead atoms. The normalized spacial score (nSPS) is 12.3. The molecule has 0 radical (unpaired) electrons. The number of hydrogen-bond acceptors (Lipinski definition) is 2. The number of amides is 1. The van der Waals surface area contributed by atoms with Crippen molar-refractivity contribution in [3.63, 3.8) is 0 Å². The zero-order chi connectivity index (χ0) is 16.2. The highest BCUT2D eigenvalue weighted by Crippen LogP contribution is 2.19. The summed E-state index contributed by atoms with van der Waals surface area (Å²) in [6.45, 7) is 0.375. The SMILES string of the molecule is NC(Cc1c[nH]c2ccccc12)C(=O)NCc1ccccc1Cl. The van der Waals surface area contributed by atoms with Gasteiger partial charge in [-0.3, -0.25) is 4.79 Å². The maximum Gasteiger partial charge on any atom is 0.237 e. The number of halogens is 1. The van der Waals surface area contributed by atoms with Crippen LogP contribution in [0.1, 0.15) is 11.1 Å². The van der Waals surface area contributed by atoms with Crippen molar-refractivity contribution in [1.29, 1.82) is 0 Å². The molecule has 3 aromatic rings. The number of benzene rings is 2. The maximum atomic E-state index is 12.2. The van der Waals surface area contributed by atoms with E-state index in [-0.39, 0.29) is 5.91 Å². The quantitative estimate of drug-likeness (QED) is 0.674. The van der Waals surface area contributed by atoms with E-state index in [0.29, 0.717) is 18.0 Å². The Kier molecular flexibility index (Phi) is 4.65. The third-order valence-corrected chi connectivity index (χ3v) is 4.23. The van der Waals surface area contributed by atoms with Gasteiger partial charge in [-0.05, 0) is 29.7 Å². The zero-order valence-corrected chi connectivity index (χ0v) is 13.3. The molecule has 118 valence electrons. The summed E-state index contributed by atoms with van der Waals surface area (Å²) >= 11 is 6.08. The molecule has 5 heteroatoms. The van der Waals surface area contributed by atoms with Crippen LogP contribution in [0.2, 0.25) is 5.02 Å². The number of para-hydroxylation sites is 1. The van der Waals surface area contributed by atoms with Crippen LogP contribution >= 0.6 is 11.6 Å². The van der Waals surface area contributed by atoms with Crippen LogP contribution in [0.5, 0.6) is 0 Å². The predicted molar refractivity (Wildman–Crippen MR) is 93.3 cm³/mol. The van der Waals surface area contributed by atoms with Gasteiger partial charge in [-0.25, -0.2) is 0 Å². The second-order valence-electron chi connectivity index (χ2n) is 5.48. The largest absolute Gasteiger partial charge is 0.361 e. The molecule has 0 saturated heterocycles. The predicted octanol–water partition coefficient (Wildman–Crippen LogP) is 3.01. The Hall–Kier alpha value is -2.30. The summed E-state index contributed by atoms with van der Waals surface area (Å²) in [7, 11) is 0. The van der Waals surface area contributed by atoms with Gasteiger partial charge in [-0.15, -0.1) is 0 Å². The van der Waals surface area contributed by atoms with E-state index < -0.39 is 6.04 Å². The molecule has 1 atom stereocenters. The highest BCUT2D eigenvalue weighted by molar-refractivity contribution is 6.31. The minimum Gasteiger partial charge on any atom is -0.361 e. The van der Waals surface area contributed by atoms with Crippen molar-refractivity contribution in [1.82, 2.24) is 10.3 Å². The van der Waals surface area contributed by atoms with Crippen LogP contribution in [-0.4, -0.2) is 16.9 Å². The Morgan fingerprint density at radius 2 is 1.87 bits per heavy atom. The van der Waals surface area contributed by atoms with E-state index in [0.717, 1.165) is 22.0 Å². The van der Waals surface area contributed by atoms with Gasteiger partial charge in [-0.2, -0.15) is 0 Å². The molecule has 1 aromatic heterocycles. The summed E-state index contributed by atoms with van der Waals surface area (Å²) in [6.07, 6.45) is 2.39. The molecular formula is C18H18ClN3O. The van der Waals surface area contributed by atoms with Gasteiger partial charge in [0, 0.05) is 28.7 Å². The molecule has 2 aromatic carbocycles. The first-order valence-electron chi connectivity index (χ1n) is 7.47. The Morgan fingerprint density at radius 1 is 1.13 bits per heavy atom. The minimum absolute atomic E-state index is 0.185. The first kappa shape index (κ1) is 15.6. The number of nitrogens with two attached hydrogens (primary N) is 1. The van der Waals surface area contributed by atoms with E-state index in [1.165, 1.54) is 0 Å².